The Morgan fingerprint density at radius 3 is 1.01 bits per heavy atom. The normalized spacial score (nSPS) is 12.3. The summed E-state index contributed by atoms with van der Waals surface area (Å²) in [4.78, 5) is 28.7. The van der Waals surface area contributed by atoms with Crippen LogP contribution in [-0.4, -0.2) is 42.7 Å². The molecule has 0 aliphatic heterocycles. The molecule has 342 valence electrons. The van der Waals surface area contributed by atoms with E-state index in [1.165, 1.54) is 0 Å². The van der Waals surface area contributed by atoms with E-state index in [2.05, 4.69) is 99.0 Å². The molecule has 0 heterocycles. The van der Waals surface area contributed by atoms with E-state index in [1.807, 2.05) is 84.9 Å². The summed E-state index contributed by atoms with van der Waals surface area (Å²) >= 11 is 0. The lowest BCUT2D eigenvalue weighted by Gasteiger charge is -2.22. The van der Waals surface area contributed by atoms with Gasteiger partial charge in [-0.15, -0.1) is 0 Å². The fraction of sp³-hybridized carbons (Fsp3) is 0.233. The van der Waals surface area contributed by atoms with Gasteiger partial charge in [-0.2, -0.15) is 0 Å². The molecule has 0 aromatic heterocycles. The third kappa shape index (κ3) is 11.0. The number of hydrogen-bond donors (Lipinski definition) is 0. The Hall–Kier alpha value is -6.75. The van der Waals surface area contributed by atoms with Crippen molar-refractivity contribution < 1.29 is 28.5 Å². The van der Waals surface area contributed by atoms with Gasteiger partial charge in [0.2, 0.25) is 0 Å². The molecule has 8 heteroatoms. The highest BCUT2D eigenvalue weighted by Gasteiger charge is 2.24. The van der Waals surface area contributed by atoms with E-state index in [1.54, 1.807) is 0 Å². The van der Waals surface area contributed by atoms with Gasteiger partial charge in [-0.05, 0) is 103 Å². The number of esters is 2. The van der Waals surface area contributed by atoms with E-state index < -0.39 is 29.5 Å². The smallest absolute Gasteiger partial charge is 0.343 e. The van der Waals surface area contributed by atoms with E-state index in [9.17, 15) is 9.59 Å². The number of hydrogen-bond acceptors (Lipinski definition) is 6. The van der Waals surface area contributed by atoms with Gasteiger partial charge >= 0.3 is 11.9 Å². The SMILES string of the molecule is C[Si](C)CCCOc1c2cccc1Cc1cccc(c1OC(=O)c1ccc3ccccc3c1)Cc1cccc(c1OCCC[Si](C)C)Cc1cccc(c1OC(=O)c1ccc3ccccc3c1)C2. The topological polar surface area (TPSA) is 71.1 Å². The van der Waals surface area contributed by atoms with Gasteiger partial charge in [0.05, 0.1) is 24.3 Å². The molecule has 1 aliphatic rings. The Balaban J connectivity index is 1.18. The van der Waals surface area contributed by atoms with Crippen LogP contribution < -0.4 is 18.9 Å². The van der Waals surface area contributed by atoms with Crippen molar-refractivity contribution in [3.05, 3.63) is 213 Å². The number of benzene rings is 8. The standard InChI is InChI=1S/C60H58O6Si2/c1-67(2)33-13-31-63-55-45-19-9-20-46(55)38-50-24-12-26-52(58(50)66-60(62)54-30-28-42-16-6-8-18-44(42)36-54)40-48-22-10-21-47(56(48)64-32-14-34-68(3)4)39-51-25-11-23-49(37-45)57(51)65-59(61)53-29-27-41-15-5-7-17-43(41)35-53/h5-12,15-30,35-36H,13-14,31-34,37-40H2,1-4H3. The van der Waals surface area contributed by atoms with Gasteiger partial charge in [0.25, 0.3) is 0 Å². The molecule has 0 atom stereocenters. The molecule has 0 N–H and O–H groups in total. The summed E-state index contributed by atoms with van der Waals surface area (Å²) in [5, 5.41) is 4.07. The third-order valence-corrected chi connectivity index (χ3v) is 15.4. The number of para-hydroxylation sites is 4. The first-order chi connectivity index (χ1) is 33.2. The first-order valence-corrected chi connectivity index (χ1v) is 29.3. The van der Waals surface area contributed by atoms with Gasteiger partial charge in [0, 0.05) is 43.3 Å². The number of carbonyl (C=O) groups excluding carboxylic acids is 2. The van der Waals surface area contributed by atoms with E-state index in [4.69, 9.17) is 18.9 Å². The zero-order valence-corrected chi connectivity index (χ0v) is 41.5. The van der Waals surface area contributed by atoms with Crippen molar-refractivity contribution in [2.24, 2.45) is 0 Å². The van der Waals surface area contributed by atoms with Crippen molar-refractivity contribution in [3.8, 4) is 23.0 Å². The molecule has 0 fully saturated rings. The predicted octanol–water partition coefficient (Wildman–Crippen LogP) is 14.2. The van der Waals surface area contributed by atoms with Gasteiger partial charge in [-0.25, -0.2) is 9.59 Å². The summed E-state index contributed by atoms with van der Waals surface area (Å²) in [6, 6.07) is 54.8. The van der Waals surface area contributed by atoms with Crippen LogP contribution in [0.1, 0.15) is 78.1 Å². The molecule has 2 radical (unpaired) electrons. The lowest BCUT2D eigenvalue weighted by molar-refractivity contribution is 0.0722. The van der Waals surface area contributed by atoms with Crippen molar-refractivity contribution in [1.29, 1.82) is 0 Å². The largest absolute Gasteiger partial charge is 0.493 e. The number of ether oxygens (including phenoxy) is 4. The monoisotopic (exact) mass is 930 g/mol. The zero-order chi connectivity index (χ0) is 47.0. The molecule has 0 saturated heterocycles. The van der Waals surface area contributed by atoms with E-state index in [0.29, 0.717) is 61.5 Å². The van der Waals surface area contributed by atoms with Crippen LogP contribution >= 0.6 is 0 Å². The third-order valence-electron chi connectivity index (χ3n) is 12.7. The molecule has 8 bridgehead atoms. The first kappa shape index (κ1) is 46.4. The molecular weight excluding hydrogens is 873 g/mol. The summed E-state index contributed by atoms with van der Waals surface area (Å²) in [6.07, 6.45) is 3.73. The lowest BCUT2D eigenvalue weighted by atomic mass is 9.91. The fourth-order valence-electron chi connectivity index (χ4n) is 9.26. The minimum atomic E-state index is -0.439. The second kappa shape index (κ2) is 21.5. The van der Waals surface area contributed by atoms with Crippen LogP contribution in [0.2, 0.25) is 38.3 Å². The van der Waals surface area contributed by atoms with Crippen molar-refractivity contribution in [1.82, 2.24) is 0 Å². The van der Waals surface area contributed by atoms with Crippen LogP contribution in [0, 0.1) is 0 Å². The van der Waals surface area contributed by atoms with Gasteiger partial charge in [-0.3, -0.25) is 0 Å². The highest BCUT2D eigenvalue weighted by molar-refractivity contribution is 6.55. The average molecular weight is 931 g/mol. The molecule has 8 aromatic carbocycles. The molecule has 9 rings (SSSR count). The molecule has 68 heavy (non-hydrogen) atoms. The van der Waals surface area contributed by atoms with Crippen LogP contribution in [-0.2, 0) is 25.7 Å². The molecular formula is C60H58O6Si2. The van der Waals surface area contributed by atoms with Gasteiger partial charge in [0.1, 0.15) is 23.0 Å². The first-order valence-electron chi connectivity index (χ1n) is 23.9. The summed E-state index contributed by atoms with van der Waals surface area (Å²) in [7, 11) is -0.877. The van der Waals surface area contributed by atoms with Crippen LogP contribution in [0.5, 0.6) is 23.0 Å². The van der Waals surface area contributed by atoms with Crippen molar-refractivity contribution >= 4 is 51.1 Å². The van der Waals surface area contributed by atoms with E-state index in [0.717, 1.165) is 102 Å². The van der Waals surface area contributed by atoms with Crippen LogP contribution in [0.3, 0.4) is 0 Å². The summed E-state index contributed by atoms with van der Waals surface area (Å²) < 4.78 is 27.0. The predicted molar refractivity (Wildman–Crippen MR) is 280 cm³/mol. The maximum absolute atomic E-state index is 14.4. The minimum absolute atomic E-state index is 0.410. The lowest BCUT2D eigenvalue weighted by Crippen LogP contribution is -2.14. The van der Waals surface area contributed by atoms with Crippen molar-refractivity contribution in [3.63, 3.8) is 0 Å². The maximum atomic E-state index is 14.4. The Morgan fingerprint density at radius 2 is 0.691 bits per heavy atom. The number of fused-ring (bicyclic) bond motifs is 10. The molecule has 8 aromatic rings. The summed E-state index contributed by atoms with van der Waals surface area (Å²) in [5.74, 6) is 1.89. The number of carbonyl (C=O) groups is 2. The summed E-state index contributed by atoms with van der Waals surface area (Å²) in [6.45, 7) is 10.5. The van der Waals surface area contributed by atoms with Crippen LogP contribution in [0.15, 0.2) is 158 Å². The van der Waals surface area contributed by atoms with Gasteiger partial charge in [0.15, 0.2) is 0 Å². The Kier molecular flexibility index (Phi) is 14.6. The van der Waals surface area contributed by atoms with E-state index >= 15 is 0 Å². The van der Waals surface area contributed by atoms with Crippen molar-refractivity contribution in [2.45, 2.75) is 76.8 Å². The second-order valence-electron chi connectivity index (χ2n) is 18.5. The number of rotatable bonds is 14. The molecule has 0 spiro atoms. The Bertz CT molecular complexity index is 2810. The molecule has 0 amide bonds. The van der Waals surface area contributed by atoms with Gasteiger partial charge in [-0.1, -0.05) is 172 Å². The van der Waals surface area contributed by atoms with Gasteiger partial charge < -0.3 is 18.9 Å². The Labute approximate surface area is 404 Å². The highest BCUT2D eigenvalue weighted by atomic mass is 28.3. The highest BCUT2D eigenvalue weighted by Crippen LogP contribution is 2.40. The second-order valence-corrected chi connectivity index (χ2v) is 24.4. The Morgan fingerprint density at radius 1 is 0.382 bits per heavy atom. The zero-order valence-electron chi connectivity index (χ0n) is 39.5. The molecule has 6 nitrogen and oxygen atoms in total. The van der Waals surface area contributed by atoms with Crippen molar-refractivity contribution in [2.75, 3.05) is 13.2 Å². The molecule has 1 aliphatic carbocycles. The van der Waals surface area contributed by atoms with E-state index in [-0.39, 0.29) is 0 Å². The quantitative estimate of drug-likeness (QED) is 0.0468. The summed E-state index contributed by atoms with van der Waals surface area (Å²) in [5.41, 5.74) is 8.43. The van der Waals surface area contributed by atoms with Crippen LogP contribution in [0.25, 0.3) is 21.5 Å². The fourth-order valence-corrected chi connectivity index (χ4v) is 11.0. The van der Waals surface area contributed by atoms with Crippen LogP contribution in [0.4, 0.5) is 0 Å². The molecule has 0 unspecified atom stereocenters. The molecule has 0 saturated carbocycles. The maximum Gasteiger partial charge on any atom is 0.343 e. The minimum Gasteiger partial charge on any atom is -0.493 e. The average Bonchev–Trinajstić information content (AvgIpc) is 3.34.